The summed E-state index contributed by atoms with van der Waals surface area (Å²) in [5, 5.41) is 12.0. The number of thioether (sulfide) groups is 1. The summed E-state index contributed by atoms with van der Waals surface area (Å²) < 4.78 is 0. The molecule has 0 radical (unpaired) electrons. The molecule has 0 atom stereocenters. The van der Waals surface area contributed by atoms with Crippen molar-refractivity contribution in [3.05, 3.63) is 27.7 Å². The zero-order valence-electron chi connectivity index (χ0n) is 10.4. The summed E-state index contributed by atoms with van der Waals surface area (Å²) in [6.45, 7) is 3.97. The molecular formula is C12H13Cl2NO3S. The molecule has 0 aliphatic heterocycles. The topological polar surface area (TPSA) is 66.4 Å². The highest BCUT2D eigenvalue weighted by Crippen LogP contribution is 2.32. The molecule has 7 heteroatoms. The van der Waals surface area contributed by atoms with E-state index in [0.717, 1.165) is 0 Å². The Morgan fingerprint density at radius 3 is 2.26 bits per heavy atom. The average Bonchev–Trinajstić information content (AvgIpc) is 2.30. The van der Waals surface area contributed by atoms with E-state index in [0.29, 0.717) is 5.25 Å². The number of anilines is 1. The minimum Gasteiger partial charge on any atom is -0.478 e. The highest BCUT2D eigenvalue weighted by molar-refractivity contribution is 8.00. The maximum absolute atomic E-state index is 11.7. The minimum atomic E-state index is -1.13. The second-order valence-electron chi connectivity index (χ2n) is 4.03. The van der Waals surface area contributed by atoms with Gasteiger partial charge in [-0.05, 0) is 17.4 Å². The molecule has 1 aromatic carbocycles. The summed E-state index contributed by atoms with van der Waals surface area (Å²) in [5.74, 6) is -1.08. The van der Waals surface area contributed by atoms with Crippen LogP contribution in [0, 0.1) is 0 Å². The van der Waals surface area contributed by atoms with E-state index in [2.05, 4.69) is 5.32 Å². The van der Waals surface area contributed by atoms with Crippen LogP contribution in [0.15, 0.2) is 12.1 Å². The molecule has 1 aromatic rings. The smallest absolute Gasteiger partial charge is 0.335 e. The fraction of sp³-hybridized carbons (Fsp3) is 0.333. The standard InChI is InChI=1S/C12H13Cl2NO3S/c1-6(2)19-5-10(16)15-11-8(13)3-7(12(17)18)4-9(11)14/h3-4,6H,5H2,1-2H3,(H,15,16)(H,17,18). The number of rotatable bonds is 5. The Morgan fingerprint density at radius 1 is 1.32 bits per heavy atom. The van der Waals surface area contributed by atoms with Crippen molar-refractivity contribution >= 4 is 52.5 Å². The lowest BCUT2D eigenvalue weighted by Crippen LogP contribution is -2.16. The average molecular weight is 322 g/mol. The zero-order valence-corrected chi connectivity index (χ0v) is 12.7. The van der Waals surface area contributed by atoms with E-state index in [4.69, 9.17) is 28.3 Å². The number of amides is 1. The number of hydrogen-bond acceptors (Lipinski definition) is 3. The van der Waals surface area contributed by atoms with Gasteiger partial charge in [-0.25, -0.2) is 4.79 Å². The van der Waals surface area contributed by atoms with E-state index in [-0.39, 0.29) is 33.0 Å². The third-order valence-electron chi connectivity index (χ3n) is 2.10. The quantitative estimate of drug-likeness (QED) is 0.866. The number of benzene rings is 1. The van der Waals surface area contributed by atoms with Crippen LogP contribution < -0.4 is 5.32 Å². The van der Waals surface area contributed by atoms with Crippen molar-refractivity contribution in [3.63, 3.8) is 0 Å². The van der Waals surface area contributed by atoms with Gasteiger partial charge in [0.15, 0.2) is 0 Å². The number of hydrogen-bond donors (Lipinski definition) is 2. The van der Waals surface area contributed by atoms with Crippen LogP contribution in [0.3, 0.4) is 0 Å². The molecule has 1 rings (SSSR count). The van der Waals surface area contributed by atoms with Gasteiger partial charge in [-0.2, -0.15) is 0 Å². The lowest BCUT2D eigenvalue weighted by atomic mass is 10.2. The molecule has 0 aliphatic rings. The first-order chi connectivity index (χ1) is 8.81. The van der Waals surface area contributed by atoms with Crippen molar-refractivity contribution in [2.75, 3.05) is 11.1 Å². The van der Waals surface area contributed by atoms with Crippen LogP contribution in [-0.2, 0) is 4.79 Å². The van der Waals surface area contributed by atoms with Crippen LogP contribution in [0.1, 0.15) is 24.2 Å². The second-order valence-corrected chi connectivity index (χ2v) is 6.41. The van der Waals surface area contributed by atoms with E-state index >= 15 is 0 Å². The number of nitrogens with one attached hydrogen (secondary N) is 1. The second kappa shape index (κ2) is 7.03. The lowest BCUT2D eigenvalue weighted by Gasteiger charge is -2.11. The molecule has 104 valence electrons. The summed E-state index contributed by atoms with van der Waals surface area (Å²) in [4.78, 5) is 22.5. The van der Waals surface area contributed by atoms with Crippen molar-refractivity contribution in [2.45, 2.75) is 19.1 Å². The van der Waals surface area contributed by atoms with Gasteiger partial charge in [0.05, 0.1) is 27.0 Å². The van der Waals surface area contributed by atoms with Crippen molar-refractivity contribution < 1.29 is 14.7 Å². The number of carbonyl (C=O) groups excluding carboxylic acids is 1. The summed E-state index contributed by atoms with van der Waals surface area (Å²) in [5.41, 5.74) is 0.215. The van der Waals surface area contributed by atoms with Crippen LogP contribution in [0.2, 0.25) is 10.0 Å². The van der Waals surface area contributed by atoms with Crippen molar-refractivity contribution in [1.29, 1.82) is 0 Å². The van der Waals surface area contributed by atoms with Gasteiger partial charge in [-0.3, -0.25) is 4.79 Å². The van der Waals surface area contributed by atoms with E-state index in [9.17, 15) is 9.59 Å². The molecule has 0 fully saturated rings. The van der Waals surface area contributed by atoms with Crippen LogP contribution >= 0.6 is 35.0 Å². The van der Waals surface area contributed by atoms with Crippen LogP contribution in [0.4, 0.5) is 5.69 Å². The van der Waals surface area contributed by atoms with Gasteiger partial charge in [0, 0.05) is 0 Å². The molecule has 0 spiro atoms. The van der Waals surface area contributed by atoms with Gasteiger partial charge in [0.2, 0.25) is 5.91 Å². The Hall–Kier alpha value is -0.910. The summed E-state index contributed by atoms with van der Waals surface area (Å²) in [7, 11) is 0. The van der Waals surface area contributed by atoms with E-state index in [1.54, 1.807) is 0 Å². The molecule has 0 unspecified atom stereocenters. The first-order valence-electron chi connectivity index (χ1n) is 5.45. The molecule has 0 bridgehead atoms. The normalized spacial score (nSPS) is 10.6. The van der Waals surface area contributed by atoms with Gasteiger partial charge in [-0.1, -0.05) is 37.0 Å². The first kappa shape index (κ1) is 16.1. The highest BCUT2D eigenvalue weighted by atomic mass is 35.5. The van der Waals surface area contributed by atoms with Crippen molar-refractivity contribution in [1.82, 2.24) is 0 Å². The Bertz CT molecular complexity index is 483. The van der Waals surface area contributed by atoms with Crippen LogP contribution in [0.25, 0.3) is 0 Å². The number of carbonyl (C=O) groups is 2. The Labute approximate surface area is 125 Å². The Morgan fingerprint density at radius 2 is 1.84 bits per heavy atom. The maximum atomic E-state index is 11.7. The first-order valence-corrected chi connectivity index (χ1v) is 7.25. The Kier molecular flexibility index (Phi) is 5.97. The number of carboxylic acids is 1. The highest BCUT2D eigenvalue weighted by Gasteiger charge is 2.14. The number of carboxylic acid groups (broad SMARTS) is 1. The Balaban J connectivity index is 2.84. The van der Waals surface area contributed by atoms with Crippen molar-refractivity contribution in [3.8, 4) is 0 Å². The van der Waals surface area contributed by atoms with E-state index < -0.39 is 5.97 Å². The summed E-state index contributed by atoms with van der Waals surface area (Å²) in [6.07, 6.45) is 0. The molecule has 0 heterocycles. The van der Waals surface area contributed by atoms with Crippen LogP contribution in [0.5, 0.6) is 0 Å². The predicted molar refractivity (Wildman–Crippen MR) is 79.6 cm³/mol. The maximum Gasteiger partial charge on any atom is 0.335 e. The van der Waals surface area contributed by atoms with E-state index in [1.165, 1.54) is 23.9 Å². The predicted octanol–water partition coefficient (Wildman–Crippen LogP) is 3.77. The summed E-state index contributed by atoms with van der Waals surface area (Å²) in [6, 6.07) is 2.50. The SMILES string of the molecule is CC(C)SCC(=O)Nc1c(Cl)cc(C(=O)O)cc1Cl. The molecule has 0 saturated carbocycles. The van der Waals surface area contributed by atoms with Gasteiger partial charge in [-0.15, -0.1) is 11.8 Å². The third-order valence-corrected chi connectivity index (χ3v) is 3.79. The largest absolute Gasteiger partial charge is 0.478 e. The molecule has 1 amide bonds. The minimum absolute atomic E-state index is 0.0236. The monoisotopic (exact) mass is 321 g/mol. The molecule has 0 aromatic heterocycles. The third kappa shape index (κ3) is 4.93. The van der Waals surface area contributed by atoms with Gasteiger partial charge in [0.25, 0.3) is 0 Å². The van der Waals surface area contributed by atoms with Crippen LogP contribution in [-0.4, -0.2) is 28.0 Å². The lowest BCUT2D eigenvalue weighted by molar-refractivity contribution is -0.113. The van der Waals surface area contributed by atoms with Gasteiger partial charge >= 0.3 is 5.97 Å². The fourth-order valence-corrected chi connectivity index (χ4v) is 2.37. The number of aromatic carboxylic acids is 1. The summed E-state index contributed by atoms with van der Waals surface area (Å²) >= 11 is 13.3. The molecular weight excluding hydrogens is 309 g/mol. The van der Waals surface area contributed by atoms with Gasteiger partial charge < -0.3 is 10.4 Å². The molecule has 0 aliphatic carbocycles. The van der Waals surface area contributed by atoms with Crippen molar-refractivity contribution in [2.24, 2.45) is 0 Å². The molecule has 4 nitrogen and oxygen atoms in total. The zero-order chi connectivity index (χ0) is 14.6. The van der Waals surface area contributed by atoms with Gasteiger partial charge in [0.1, 0.15) is 0 Å². The molecule has 0 saturated heterocycles. The number of halogens is 2. The molecule has 19 heavy (non-hydrogen) atoms. The van der Waals surface area contributed by atoms with E-state index in [1.807, 2.05) is 13.8 Å². The fourth-order valence-electron chi connectivity index (χ4n) is 1.23. The molecule has 2 N–H and O–H groups in total.